The Morgan fingerprint density at radius 3 is 2.92 bits per heavy atom. The van der Waals surface area contributed by atoms with E-state index in [0.29, 0.717) is 12.5 Å². The quantitative estimate of drug-likeness (QED) is 0.479. The van der Waals surface area contributed by atoms with E-state index < -0.39 is 5.60 Å². The van der Waals surface area contributed by atoms with Crippen molar-refractivity contribution >= 4 is 5.96 Å². The summed E-state index contributed by atoms with van der Waals surface area (Å²) in [5, 5.41) is 21.2. The largest absolute Gasteiger partial charge is 0.383 e. The summed E-state index contributed by atoms with van der Waals surface area (Å²) in [4.78, 5) is 6.77. The molecule has 2 unspecified atom stereocenters. The standard InChI is InChI=1S/C16H30N6O2/c1-5-17-15(18-9-14-11-21(3)6-7-24-14)19-12-16(2,23)13-8-20-22(4)10-13/h8,10,14,23H,5-7,9,11-12H2,1-4H3,(H2,17,18,19). The summed E-state index contributed by atoms with van der Waals surface area (Å²) in [6, 6.07) is 0. The number of nitrogens with zero attached hydrogens (tertiary/aromatic N) is 4. The van der Waals surface area contributed by atoms with Crippen molar-refractivity contribution in [3.8, 4) is 0 Å². The second-order valence-corrected chi connectivity index (χ2v) is 6.51. The molecule has 3 N–H and O–H groups in total. The Balaban J connectivity index is 1.92. The zero-order valence-corrected chi connectivity index (χ0v) is 15.1. The molecule has 0 saturated carbocycles. The van der Waals surface area contributed by atoms with Crippen molar-refractivity contribution in [1.82, 2.24) is 25.3 Å². The summed E-state index contributed by atoms with van der Waals surface area (Å²) < 4.78 is 7.42. The van der Waals surface area contributed by atoms with Crippen LogP contribution in [0.25, 0.3) is 0 Å². The molecule has 0 spiro atoms. The highest BCUT2D eigenvalue weighted by atomic mass is 16.5. The lowest BCUT2D eigenvalue weighted by Crippen LogP contribution is -2.48. The smallest absolute Gasteiger partial charge is 0.191 e. The minimum Gasteiger partial charge on any atom is -0.383 e. The topological polar surface area (TPSA) is 86.9 Å². The minimum absolute atomic E-state index is 0.145. The first-order chi connectivity index (χ1) is 11.4. The molecule has 1 aliphatic rings. The highest BCUT2D eigenvalue weighted by Crippen LogP contribution is 2.19. The number of guanidine groups is 1. The first-order valence-corrected chi connectivity index (χ1v) is 8.44. The molecule has 1 aromatic heterocycles. The monoisotopic (exact) mass is 338 g/mol. The fourth-order valence-electron chi connectivity index (χ4n) is 2.57. The van der Waals surface area contributed by atoms with E-state index in [1.54, 1.807) is 17.8 Å². The second kappa shape index (κ2) is 8.46. The van der Waals surface area contributed by atoms with Crippen molar-refractivity contribution < 1.29 is 9.84 Å². The average molecular weight is 338 g/mol. The molecule has 1 fully saturated rings. The van der Waals surface area contributed by atoms with E-state index >= 15 is 0 Å². The number of rotatable bonds is 6. The summed E-state index contributed by atoms with van der Waals surface area (Å²) >= 11 is 0. The molecule has 136 valence electrons. The van der Waals surface area contributed by atoms with E-state index in [4.69, 9.17) is 4.74 Å². The zero-order chi connectivity index (χ0) is 17.6. The van der Waals surface area contributed by atoms with Crippen LogP contribution < -0.4 is 10.6 Å². The Hall–Kier alpha value is -1.64. The Morgan fingerprint density at radius 2 is 2.29 bits per heavy atom. The molecular formula is C16H30N6O2. The van der Waals surface area contributed by atoms with Crippen molar-refractivity contribution in [2.45, 2.75) is 25.6 Å². The van der Waals surface area contributed by atoms with Gasteiger partial charge in [0.15, 0.2) is 5.96 Å². The summed E-state index contributed by atoms with van der Waals surface area (Å²) in [6.45, 7) is 8.08. The highest BCUT2D eigenvalue weighted by Gasteiger charge is 2.25. The lowest BCUT2D eigenvalue weighted by Gasteiger charge is -2.30. The normalized spacial score (nSPS) is 22.2. The molecule has 0 bridgehead atoms. The summed E-state index contributed by atoms with van der Waals surface area (Å²) in [5.74, 6) is 0.679. The number of aryl methyl sites for hydroxylation is 1. The molecule has 0 amide bonds. The van der Waals surface area contributed by atoms with E-state index in [9.17, 15) is 5.11 Å². The van der Waals surface area contributed by atoms with E-state index in [1.807, 2.05) is 20.2 Å². The van der Waals surface area contributed by atoms with Gasteiger partial charge in [-0.1, -0.05) is 0 Å². The van der Waals surface area contributed by atoms with Crippen LogP contribution in [-0.4, -0.2) is 78.2 Å². The molecule has 0 aromatic carbocycles. The number of aliphatic hydroxyl groups is 1. The number of hydrogen-bond acceptors (Lipinski definition) is 5. The third-order valence-electron chi connectivity index (χ3n) is 4.06. The zero-order valence-electron chi connectivity index (χ0n) is 15.1. The van der Waals surface area contributed by atoms with Gasteiger partial charge in [-0.25, -0.2) is 4.99 Å². The summed E-state index contributed by atoms with van der Waals surface area (Å²) in [6.07, 6.45) is 3.62. The number of likely N-dealkylation sites (N-methyl/N-ethyl adjacent to an activating group) is 1. The molecule has 24 heavy (non-hydrogen) atoms. The molecule has 8 heteroatoms. The number of morpholine rings is 1. The number of hydrogen-bond donors (Lipinski definition) is 3. The predicted molar refractivity (Wildman–Crippen MR) is 94.0 cm³/mol. The van der Waals surface area contributed by atoms with Crippen LogP contribution in [-0.2, 0) is 17.4 Å². The maximum atomic E-state index is 10.6. The number of nitrogens with one attached hydrogen (secondary N) is 2. The molecule has 1 aromatic rings. The van der Waals surface area contributed by atoms with Gasteiger partial charge in [0.05, 0.1) is 25.5 Å². The molecule has 0 radical (unpaired) electrons. The van der Waals surface area contributed by atoms with Gasteiger partial charge < -0.3 is 25.4 Å². The summed E-state index contributed by atoms with van der Waals surface area (Å²) in [5.41, 5.74) is -0.306. The number of aromatic nitrogens is 2. The molecular weight excluding hydrogens is 308 g/mol. The van der Waals surface area contributed by atoms with Gasteiger partial charge in [-0.3, -0.25) is 4.68 Å². The Bertz CT molecular complexity index is 542. The van der Waals surface area contributed by atoms with E-state index in [0.717, 1.165) is 31.8 Å². The Kier molecular flexibility index (Phi) is 6.59. The third kappa shape index (κ3) is 5.47. The Morgan fingerprint density at radius 1 is 1.50 bits per heavy atom. The SMILES string of the molecule is CCNC(=NCC(C)(O)c1cnn(C)c1)NCC1CN(C)CCO1. The maximum Gasteiger partial charge on any atom is 0.191 e. The molecule has 1 aliphatic heterocycles. The van der Waals surface area contributed by atoms with Crippen LogP contribution in [0.2, 0.25) is 0 Å². The van der Waals surface area contributed by atoms with Crippen LogP contribution in [0.4, 0.5) is 0 Å². The van der Waals surface area contributed by atoms with Crippen molar-refractivity contribution in [3.05, 3.63) is 18.0 Å². The molecule has 2 heterocycles. The van der Waals surface area contributed by atoms with Crippen LogP contribution in [0.3, 0.4) is 0 Å². The van der Waals surface area contributed by atoms with Crippen LogP contribution in [0.15, 0.2) is 17.4 Å². The second-order valence-electron chi connectivity index (χ2n) is 6.51. The maximum absolute atomic E-state index is 10.6. The van der Waals surface area contributed by atoms with Crippen LogP contribution in [0.5, 0.6) is 0 Å². The van der Waals surface area contributed by atoms with Gasteiger partial charge in [-0.05, 0) is 20.9 Å². The first kappa shape index (κ1) is 18.7. The van der Waals surface area contributed by atoms with E-state index in [-0.39, 0.29) is 12.6 Å². The predicted octanol–water partition coefficient (Wildman–Crippen LogP) is -0.487. The van der Waals surface area contributed by atoms with Crippen LogP contribution in [0.1, 0.15) is 19.4 Å². The van der Waals surface area contributed by atoms with Gasteiger partial charge in [0.2, 0.25) is 0 Å². The minimum atomic E-state index is -1.06. The van der Waals surface area contributed by atoms with Crippen molar-refractivity contribution in [2.75, 3.05) is 46.4 Å². The fourth-order valence-corrected chi connectivity index (χ4v) is 2.57. The lowest BCUT2D eigenvalue weighted by molar-refractivity contribution is -0.0161. The summed E-state index contributed by atoms with van der Waals surface area (Å²) in [7, 11) is 3.93. The van der Waals surface area contributed by atoms with Gasteiger partial charge in [0.1, 0.15) is 5.60 Å². The van der Waals surface area contributed by atoms with Crippen molar-refractivity contribution in [3.63, 3.8) is 0 Å². The van der Waals surface area contributed by atoms with Crippen molar-refractivity contribution in [1.29, 1.82) is 0 Å². The van der Waals surface area contributed by atoms with Gasteiger partial charge in [-0.2, -0.15) is 5.10 Å². The van der Waals surface area contributed by atoms with Crippen LogP contribution >= 0.6 is 0 Å². The Labute approximate surface area is 143 Å². The molecule has 2 atom stereocenters. The average Bonchev–Trinajstić information content (AvgIpc) is 2.98. The number of ether oxygens (including phenoxy) is 1. The molecule has 1 saturated heterocycles. The van der Waals surface area contributed by atoms with E-state index in [2.05, 4.69) is 32.7 Å². The fraction of sp³-hybridized carbons (Fsp3) is 0.750. The third-order valence-corrected chi connectivity index (χ3v) is 4.06. The van der Waals surface area contributed by atoms with Crippen LogP contribution in [0, 0.1) is 0 Å². The van der Waals surface area contributed by atoms with Gasteiger partial charge in [0, 0.05) is 45.0 Å². The van der Waals surface area contributed by atoms with E-state index in [1.165, 1.54) is 0 Å². The van der Waals surface area contributed by atoms with Gasteiger partial charge in [0.25, 0.3) is 0 Å². The van der Waals surface area contributed by atoms with Gasteiger partial charge in [-0.15, -0.1) is 0 Å². The highest BCUT2D eigenvalue weighted by molar-refractivity contribution is 5.79. The van der Waals surface area contributed by atoms with Crippen molar-refractivity contribution in [2.24, 2.45) is 12.0 Å². The molecule has 0 aliphatic carbocycles. The number of aliphatic imine (C=N–C) groups is 1. The van der Waals surface area contributed by atoms with Gasteiger partial charge >= 0.3 is 0 Å². The molecule has 8 nitrogen and oxygen atoms in total. The lowest BCUT2D eigenvalue weighted by atomic mass is 10.0. The first-order valence-electron chi connectivity index (χ1n) is 8.44. The molecule has 2 rings (SSSR count).